The summed E-state index contributed by atoms with van der Waals surface area (Å²) in [6, 6.07) is 5.80. The highest BCUT2D eigenvalue weighted by molar-refractivity contribution is 5.88. The molecule has 3 aromatic rings. The third kappa shape index (κ3) is 3.81. The van der Waals surface area contributed by atoms with Crippen LogP contribution in [0.25, 0.3) is 11.0 Å². The van der Waals surface area contributed by atoms with Gasteiger partial charge in [0, 0.05) is 37.2 Å². The van der Waals surface area contributed by atoms with Crippen molar-refractivity contribution < 1.29 is 18.9 Å². The largest absolute Gasteiger partial charge is 0.497 e. The van der Waals surface area contributed by atoms with E-state index >= 15 is 0 Å². The molecule has 164 valence electrons. The minimum atomic E-state index is -0.346. The standard InChI is InChI=1S/C23H28N4O4/c1-28-17-4-3-16(19(11-17)29-2)12-25-22-21-20(26-14-27-22)18(13-24-21)15-5-7-23(8-6-15)30-9-10-31-23/h3-4,11,13-15,24H,5-10,12H2,1-2H3,(H,25,26,27). The molecule has 5 rings (SSSR count). The van der Waals surface area contributed by atoms with Crippen molar-refractivity contribution in [3.63, 3.8) is 0 Å². The van der Waals surface area contributed by atoms with E-state index in [0.717, 1.165) is 59.6 Å². The quantitative estimate of drug-likeness (QED) is 0.618. The van der Waals surface area contributed by atoms with Gasteiger partial charge < -0.3 is 29.2 Å². The molecule has 1 saturated carbocycles. The molecule has 2 fully saturated rings. The maximum Gasteiger partial charge on any atom is 0.168 e. The molecule has 2 aromatic heterocycles. The van der Waals surface area contributed by atoms with Crippen LogP contribution < -0.4 is 14.8 Å². The van der Waals surface area contributed by atoms with Crippen molar-refractivity contribution in [2.45, 2.75) is 43.9 Å². The van der Waals surface area contributed by atoms with Crippen LogP contribution in [0.2, 0.25) is 0 Å². The van der Waals surface area contributed by atoms with Gasteiger partial charge in [-0.25, -0.2) is 9.97 Å². The lowest BCUT2D eigenvalue weighted by Gasteiger charge is -2.35. The number of benzene rings is 1. The van der Waals surface area contributed by atoms with E-state index in [1.165, 1.54) is 5.56 Å². The Balaban J connectivity index is 1.33. The minimum absolute atomic E-state index is 0.346. The summed E-state index contributed by atoms with van der Waals surface area (Å²) in [5.41, 5.74) is 4.18. The van der Waals surface area contributed by atoms with Crippen LogP contribution in [-0.2, 0) is 16.0 Å². The van der Waals surface area contributed by atoms with Gasteiger partial charge in [0.05, 0.1) is 33.0 Å². The fourth-order valence-corrected chi connectivity index (χ4v) is 4.74. The van der Waals surface area contributed by atoms with E-state index in [1.54, 1.807) is 20.5 Å². The number of methoxy groups -OCH3 is 2. The molecular weight excluding hydrogens is 396 g/mol. The second-order valence-electron chi connectivity index (χ2n) is 8.10. The number of hydrogen-bond acceptors (Lipinski definition) is 7. The summed E-state index contributed by atoms with van der Waals surface area (Å²) in [7, 11) is 3.31. The number of aromatic amines is 1. The van der Waals surface area contributed by atoms with Crippen molar-refractivity contribution in [2.24, 2.45) is 0 Å². The molecule has 0 amide bonds. The third-order valence-corrected chi connectivity index (χ3v) is 6.43. The van der Waals surface area contributed by atoms with Crippen LogP contribution in [0.3, 0.4) is 0 Å². The lowest BCUT2D eigenvalue weighted by atomic mass is 9.81. The zero-order valence-corrected chi connectivity index (χ0v) is 17.9. The molecule has 2 aliphatic rings. The topological polar surface area (TPSA) is 90.5 Å². The van der Waals surface area contributed by atoms with Crippen LogP contribution >= 0.6 is 0 Å². The minimum Gasteiger partial charge on any atom is -0.497 e. The maximum atomic E-state index is 5.88. The molecule has 1 saturated heterocycles. The average molecular weight is 425 g/mol. The molecule has 1 aromatic carbocycles. The number of hydrogen-bond donors (Lipinski definition) is 2. The molecule has 1 aliphatic carbocycles. The van der Waals surface area contributed by atoms with Crippen LogP contribution in [0, 0.1) is 0 Å². The number of nitrogens with zero attached hydrogens (tertiary/aromatic N) is 2. The van der Waals surface area contributed by atoms with Gasteiger partial charge in [0.15, 0.2) is 11.6 Å². The molecular formula is C23H28N4O4. The van der Waals surface area contributed by atoms with E-state index in [2.05, 4.69) is 26.5 Å². The average Bonchev–Trinajstić information content (AvgIpc) is 3.46. The highest BCUT2D eigenvalue weighted by Gasteiger charge is 2.41. The summed E-state index contributed by atoms with van der Waals surface area (Å²) >= 11 is 0. The van der Waals surface area contributed by atoms with Gasteiger partial charge in [-0.05, 0) is 36.5 Å². The Bertz CT molecular complexity index is 1050. The van der Waals surface area contributed by atoms with Crippen LogP contribution in [0.5, 0.6) is 11.5 Å². The number of ether oxygens (including phenoxy) is 4. The molecule has 2 N–H and O–H groups in total. The molecule has 8 heteroatoms. The first kappa shape index (κ1) is 20.1. The molecule has 8 nitrogen and oxygen atoms in total. The second kappa shape index (κ2) is 8.36. The Morgan fingerprint density at radius 3 is 2.68 bits per heavy atom. The molecule has 1 spiro atoms. The molecule has 0 radical (unpaired) electrons. The SMILES string of the molecule is COc1ccc(CNc2ncnc3c(C4CCC5(CC4)OCCO5)c[nH]c23)c(OC)c1. The Morgan fingerprint density at radius 2 is 1.94 bits per heavy atom. The van der Waals surface area contributed by atoms with Gasteiger partial charge in [-0.3, -0.25) is 0 Å². The van der Waals surface area contributed by atoms with Crippen LogP contribution in [-0.4, -0.2) is 48.2 Å². The molecule has 0 unspecified atom stereocenters. The fourth-order valence-electron chi connectivity index (χ4n) is 4.74. The van der Waals surface area contributed by atoms with Gasteiger partial charge in [-0.1, -0.05) is 0 Å². The fraction of sp³-hybridized carbons (Fsp3) is 0.478. The number of nitrogens with one attached hydrogen (secondary N) is 2. The molecule has 1 aliphatic heterocycles. The summed E-state index contributed by atoms with van der Waals surface area (Å²) in [5.74, 6) is 2.42. The second-order valence-corrected chi connectivity index (χ2v) is 8.10. The van der Waals surface area contributed by atoms with Crippen LogP contribution in [0.1, 0.15) is 42.7 Å². The van der Waals surface area contributed by atoms with Gasteiger partial charge in [-0.2, -0.15) is 0 Å². The highest BCUT2D eigenvalue weighted by atomic mass is 16.7. The zero-order valence-electron chi connectivity index (χ0n) is 17.9. The highest BCUT2D eigenvalue weighted by Crippen LogP contribution is 2.44. The molecule has 0 bridgehead atoms. The Kier molecular flexibility index (Phi) is 5.41. The summed E-state index contributed by atoms with van der Waals surface area (Å²) in [5, 5.41) is 3.43. The summed E-state index contributed by atoms with van der Waals surface area (Å²) < 4.78 is 22.5. The number of rotatable bonds is 6. The van der Waals surface area contributed by atoms with Crippen molar-refractivity contribution >= 4 is 16.9 Å². The summed E-state index contributed by atoms with van der Waals surface area (Å²) in [4.78, 5) is 12.5. The van der Waals surface area contributed by atoms with Crippen LogP contribution in [0.15, 0.2) is 30.7 Å². The third-order valence-electron chi connectivity index (χ3n) is 6.43. The number of aromatic nitrogens is 3. The lowest BCUT2D eigenvalue weighted by molar-refractivity contribution is -0.178. The smallest absolute Gasteiger partial charge is 0.168 e. The predicted octanol–water partition coefficient (Wildman–Crippen LogP) is 3.99. The van der Waals surface area contributed by atoms with Gasteiger partial charge in [0.1, 0.15) is 23.3 Å². The molecule has 0 atom stereocenters. The first-order valence-electron chi connectivity index (χ1n) is 10.8. The number of fused-ring (bicyclic) bond motifs is 1. The Hall–Kier alpha value is -2.84. The summed E-state index contributed by atoms with van der Waals surface area (Å²) in [6.07, 6.45) is 7.62. The van der Waals surface area contributed by atoms with Gasteiger partial charge >= 0.3 is 0 Å². The van der Waals surface area contributed by atoms with E-state index < -0.39 is 0 Å². The zero-order chi connectivity index (χ0) is 21.3. The molecule has 3 heterocycles. The Morgan fingerprint density at radius 1 is 1.13 bits per heavy atom. The predicted molar refractivity (Wildman–Crippen MR) is 117 cm³/mol. The van der Waals surface area contributed by atoms with E-state index in [-0.39, 0.29) is 5.79 Å². The molecule has 31 heavy (non-hydrogen) atoms. The van der Waals surface area contributed by atoms with Crippen molar-refractivity contribution in [3.05, 3.63) is 41.9 Å². The van der Waals surface area contributed by atoms with E-state index in [0.29, 0.717) is 25.7 Å². The normalized spacial score (nSPS) is 18.5. The Labute approximate surface area is 181 Å². The van der Waals surface area contributed by atoms with Gasteiger partial charge in [-0.15, -0.1) is 0 Å². The first-order valence-corrected chi connectivity index (χ1v) is 10.8. The van der Waals surface area contributed by atoms with Gasteiger partial charge in [0.2, 0.25) is 0 Å². The lowest BCUT2D eigenvalue weighted by Crippen LogP contribution is -2.34. The van der Waals surface area contributed by atoms with E-state index in [1.807, 2.05) is 18.2 Å². The van der Waals surface area contributed by atoms with Crippen molar-refractivity contribution in [1.82, 2.24) is 15.0 Å². The summed E-state index contributed by atoms with van der Waals surface area (Å²) in [6.45, 7) is 1.99. The monoisotopic (exact) mass is 424 g/mol. The number of anilines is 1. The van der Waals surface area contributed by atoms with Gasteiger partial charge in [0.25, 0.3) is 0 Å². The maximum absolute atomic E-state index is 5.88. The van der Waals surface area contributed by atoms with E-state index in [4.69, 9.17) is 18.9 Å². The van der Waals surface area contributed by atoms with Crippen molar-refractivity contribution in [3.8, 4) is 11.5 Å². The van der Waals surface area contributed by atoms with Crippen LogP contribution in [0.4, 0.5) is 5.82 Å². The van der Waals surface area contributed by atoms with Crippen molar-refractivity contribution in [2.75, 3.05) is 32.8 Å². The number of H-pyrrole nitrogens is 1. The van der Waals surface area contributed by atoms with Crippen molar-refractivity contribution in [1.29, 1.82) is 0 Å². The first-order chi connectivity index (χ1) is 15.2. The van der Waals surface area contributed by atoms with E-state index in [9.17, 15) is 0 Å².